The minimum atomic E-state index is -3.10. The molecular formula is C14H20O4S. The summed E-state index contributed by atoms with van der Waals surface area (Å²) in [5.41, 5.74) is 0.810. The molecule has 0 amide bonds. The molecule has 0 saturated heterocycles. The Labute approximate surface area is 114 Å². The van der Waals surface area contributed by atoms with Crippen molar-refractivity contribution in [2.24, 2.45) is 0 Å². The molecule has 0 aliphatic carbocycles. The quantitative estimate of drug-likeness (QED) is 0.745. The molecule has 1 rings (SSSR count). The van der Waals surface area contributed by atoms with Crippen LogP contribution >= 0.6 is 0 Å². The van der Waals surface area contributed by atoms with E-state index < -0.39 is 15.8 Å². The molecule has 0 aliphatic rings. The lowest BCUT2D eigenvalue weighted by atomic mass is 10.1. The van der Waals surface area contributed by atoms with E-state index in [2.05, 4.69) is 6.92 Å². The van der Waals surface area contributed by atoms with Gasteiger partial charge in [-0.25, -0.2) is 13.2 Å². The Balaban J connectivity index is 2.55. The molecule has 0 unspecified atom stereocenters. The second-order valence-electron chi connectivity index (χ2n) is 4.65. The first-order valence-electron chi connectivity index (χ1n) is 6.47. The molecule has 1 aromatic carbocycles. The number of sulfone groups is 1. The third-order valence-electron chi connectivity index (χ3n) is 2.90. The molecule has 0 radical (unpaired) electrons. The van der Waals surface area contributed by atoms with E-state index in [4.69, 9.17) is 5.11 Å². The molecule has 1 aromatic rings. The Morgan fingerprint density at radius 1 is 1.11 bits per heavy atom. The van der Waals surface area contributed by atoms with Gasteiger partial charge in [-0.1, -0.05) is 38.3 Å². The highest BCUT2D eigenvalue weighted by Gasteiger charge is 2.12. The molecular weight excluding hydrogens is 264 g/mol. The maximum Gasteiger partial charge on any atom is 0.335 e. The first-order valence-corrected chi connectivity index (χ1v) is 8.29. The van der Waals surface area contributed by atoms with Crippen LogP contribution in [0.2, 0.25) is 0 Å². The van der Waals surface area contributed by atoms with Crippen LogP contribution in [0.25, 0.3) is 0 Å². The molecule has 0 aromatic heterocycles. The van der Waals surface area contributed by atoms with Gasteiger partial charge in [0.25, 0.3) is 0 Å². The van der Waals surface area contributed by atoms with E-state index in [1.165, 1.54) is 12.1 Å². The summed E-state index contributed by atoms with van der Waals surface area (Å²) in [6.45, 7) is 2.08. The molecule has 0 atom stereocenters. The number of hydrogen-bond donors (Lipinski definition) is 1. The molecule has 19 heavy (non-hydrogen) atoms. The fourth-order valence-corrected chi connectivity index (χ4v) is 3.31. The molecule has 106 valence electrons. The fourth-order valence-electron chi connectivity index (χ4n) is 1.82. The summed E-state index contributed by atoms with van der Waals surface area (Å²) in [4.78, 5) is 10.7. The van der Waals surface area contributed by atoms with Crippen LogP contribution in [-0.2, 0) is 15.6 Å². The number of carbonyl (C=O) groups is 1. The summed E-state index contributed by atoms with van der Waals surface area (Å²) in [7, 11) is -3.10. The zero-order valence-corrected chi connectivity index (χ0v) is 11.9. The van der Waals surface area contributed by atoms with E-state index in [1.54, 1.807) is 12.1 Å². The molecule has 1 N–H and O–H groups in total. The highest BCUT2D eigenvalue weighted by atomic mass is 32.2. The van der Waals surface area contributed by atoms with Crippen LogP contribution in [0.4, 0.5) is 0 Å². The predicted octanol–water partition coefficient (Wildman–Crippen LogP) is 2.88. The molecule has 4 nitrogen and oxygen atoms in total. The number of carboxylic acid groups (broad SMARTS) is 1. The summed E-state index contributed by atoms with van der Waals surface area (Å²) >= 11 is 0. The lowest BCUT2D eigenvalue weighted by Gasteiger charge is -2.05. The fraction of sp³-hybridized carbons (Fsp3) is 0.500. The zero-order valence-electron chi connectivity index (χ0n) is 11.1. The lowest BCUT2D eigenvalue weighted by Crippen LogP contribution is -2.09. The van der Waals surface area contributed by atoms with Gasteiger partial charge in [0, 0.05) is 0 Å². The average molecular weight is 284 g/mol. The monoisotopic (exact) mass is 284 g/mol. The Hall–Kier alpha value is -1.36. The van der Waals surface area contributed by atoms with Gasteiger partial charge in [-0.15, -0.1) is 0 Å². The minimum Gasteiger partial charge on any atom is -0.478 e. The SMILES string of the molecule is CCCCCCS(=O)(=O)Cc1ccc(C(=O)O)cc1. The molecule has 0 heterocycles. The zero-order chi connectivity index (χ0) is 14.3. The van der Waals surface area contributed by atoms with Gasteiger partial charge in [0.05, 0.1) is 17.1 Å². The minimum absolute atomic E-state index is 0.0149. The Kier molecular flexibility index (Phi) is 6.02. The van der Waals surface area contributed by atoms with Gasteiger partial charge >= 0.3 is 5.97 Å². The Bertz CT molecular complexity index is 503. The number of carboxylic acids is 1. The van der Waals surface area contributed by atoms with Gasteiger partial charge in [-0.2, -0.15) is 0 Å². The highest BCUT2D eigenvalue weighted by molar-refractivity contribution is 7.90. The van der Waals surface area contributed by atoms with Gasteiger partial charge in [0.15, 0.2) is 9.84 Å². The van der Waals surface area contributed by atoms with E-state index in [-0.39, 0.29) is 17.1 Å². The van der Waals surface area contributed by atoms with Crippen LogP contribution < -0.4 is 0 Å². The molecule has 0 aliphatic heterocycles. The van der Waals surface area contributed by atoms with Crippen molar-refractivity contribution in [3.63, 3.8) is 0 Å². The molecule has 0 fully saturated rings. The maximum absolute atomic E-state index is 11.9. The summed E-state index contributed by atoms with van der Waals surface area (Å²) in [6.07, 6.45) is 3.77. The van der Waals surface area contributed by atoms with Crippen LogP contribution in [0.1, 0.15) is 48.5 Å². The number of benzene rings is 1. The lowest BCUT2D eigenvalue weighted by molar-refractivity contribution is 0.0697. The topological polar surface area (TPSA) is 71.4 Å². The van der Waals surface area contributed by atoms with Gasteiger partial charge in [0.2, 0.25) is 0 Å². The molecule has 0 saturated carbocycles. The largest absolute Gasteiger partial charge is 0.478 e. The highest BCUT2D eigenvalue weighted by Crippen LogP contribution is 2.11. The molecule has 0 bridgehead atoms. The second kappa shape index (κ2) is 7.28. The number of hydrogen-bond acceptors (Lipinski definition) is 3. The van der Waals surface area contributed by atoms with Crippen molar-refractivity contribution in [2.75, 3.05) is 5.75 Å². The summed E-state index contributed by atoms with van der Waals surface area (Å²) in [5, 5.41) is 8.76. The van der Waals surface area contributed by atoms with Crippen molar-refractivity contribution in [3.05, 3.63) is 35.4 Å². The first kappa shape index (κ1) is 15.7. The van der Waals surface area contributed by atoms with Gasteiger partial charge < -0.3 is 5.11 Å². The molecule has 5 heteroatoms. The van der Waals surface area contributed by atoms with Crippen molar-refractivity contribution in [1.82, 2.24) is 0 Å². The van der Waals surface area contributed by atoms with Crippen molar-refractivity contribution >= 4 is 15.8 Å². The van der Waals surface area contributed by atoms with Crippen LogP contribution in [0.5, 0.6) is 0 Å². The third-order valence-corrected chi connectivity index (χ3v) is 4.58. The van der Waals surface area contributed by atoms with Gasteiger partial charge in [0.1, 0.15) is 0 Å². The van der Waals surface area contributed by atoms with Crippen LogP contribution in [-0.4, -0.2) is 25.2 Å². The van der Waals surface area contributed by atoms with Crippen molar-refractivity contribution < 1.29 is 18.3 Å². The Morgan fingerprint density at radius 3 is 2.26 bits per heavy atom. The first-order chi connectivity index (χ1) is 8.94. The normalized spacial score (nSPS) is 11.4. The van der Waals surface area contributed by atoms with E-state index in [9.17, 15) is 13.2 Å². The number of rotatable bonds is 8. The smallest absolute Gasteiger partial charge is 0.335 e. The summed E-state index contributed by atoms with van der Waals surface area (Å²) < 4.78 is 23.7. The van der Waals surface area contributed by atoms with Crippen LogP contribution in [0.15, 0.2) is 24.3 Å². The standard InChI is InChI=1S/C14H20O4S/c1-2-3-4-5-10-19(17,18)11-12-6-8-13(9-7-12)14(15)16/h6-9H,2-5,10-11H2,1H3,(H,15,16). The number of aromatic carboxylic acids is 1. The van der Waals surface area contributed by atoms with E-state index >= 15 is 0 Å². The van der Waals surface area contributed by atoms with Crippen molar-refractivity contribution in [3.8, 4) is 0 Å². The third kappa shape index (κ3) is 5.87. The maximum atomic E-state index is 11.9. The average Bonchev–Trinajstić information content (AvgIpc) is 2.35. The van der Waals surface area contributed by atoms with Crippen molar-refractivity contribution in [1.29, 1.82) is 0 Å². The Morgan fingerprint density at radius 2 is 1.74 bits per heavy atom. The predicted molar refractivity (Wildman–Crippen MR) is 75.0 cm³/mol. The van der Waals surface area contributed by atoms with E-state index in [1.807, 2.05) is 0 Å². The van der Waals surface area contributed by atoms with Gasteiger partial charge in [-0.3, -0.25) is 0 Å². The summed E-state index contributed by atoms with van der Waals surface area (Å²) in [6, 6.07) is 5.99. The van der Waals surface area contributed by atoms with Crippen LogP contribution in [0, 0.1) is 0 Å². The molecule has 0 spiro atoms. The number of unbranched alkanes of at least 4 members (excludes halogenated alkanes) is 3. The van der Waals surface area contributed by atoms with Gasteiger partial charge in [-0.05, 0) is 24.1 Å². The van der Waals surface area contributed by atoms with Crippen LogP contribution in [0.3, 0.4) is 0 Å². The van der Waals surface area contributed by atoms with Crippen molar-refractivity contribution in [2.45, 2.75) is 38.4 Å². The summed E-state index contributed by atoms with van der Waals surface area (Å²) in [5.74, 6) is -0.818. The second-order valence-corrected chi connectivity index (χ2v) is 6.84. The van der Waals surface area contributed by atoms with E-state index in [0.29, 0.717) is 12.0 Å². The van der Waals surface area contributed by atoms with E-state index in [0.717, 1.165) is 19.3 Å².